The minimum absolute atomic E-state index is 0.212. The van der Waals surface area contributed by atoms with E-state index in [1.54, 1.807) is 30.6 Å². The van der Waals surface area contributed by atoms with Gasteiger partial charge in [-0.2, -0.15) is 0 Å². The van der Waals surface area contributed by atoms with E-state index in [2.05, 4.69) is 61.7 Å². The predicted molar refractivity (Wildman–Crippen MR) is 168 cm³/mol. The van der Waals surface area contributed by atoms with E-state index >= 15 is 0 Å². The van der Waals surface area contributed by atoms with Crippen LogP contribution in [0.4, 0.5) is 15.9 Å². The monoisotopic (exact) mass is 602 g/mol. The summed E-state index contributed by atoms with van der Waals surface area (Å²) in [5.74, 6) is 0.877. The third kappa shape index (κ3) is 7.08. The van der Waals surface area contributed by atoms with Crippen LogP contribution in [0.5, 0.6) is 5.75 Å². The molecular weight excluding hydrogens is 567 g/mol. The lowest BCUT2D eigenvalue weighted by atomic mass is 9.83. The Morgan fingerprint density at radius 1 is 1.09 bits per heavy atom. The van der Waals surface area contributed by atoms with Crippen molar-refractivity contribution in [2.45, 2.75) is 25.0 Å². The molecule has 8 nitrogen and oxygen atoms in total. The zero-order chi connectivity index (χ0) is 29.8. The van der Waals surface area contributed by atoms with E-state index in [1.807, 2.05) is 12.1 Å². The summed E-state index contributed by atoms with van der Waals surface area (Å²) in [7, 11) is 0. The van der Waals surface area contributed by atoms with Gasteiger partial charge in [-0.05, 0) is 59.8 Å². The number of halogens is 2. The first-order valence-corrected chi connectivity index (χ1v) is 15.0. The van der Waals surface area contributed by atoms with Crippen LogP contribution < -0.4 is 15.4 Å². The molecule has 0 spiro atoms. The van der Waals surface area contributed by atoms with Crippen molar-refractivity contribution in [3.63, 3.8) is 0 Å². The predicted octanol–water partition coefficient (Wildman–Crippen LogP) is 5.10. The van der Waals surface area contributed by atoms with Crippen LogP contribution in [0.1, 0.15) is 18.1 Å². The topological polar surface area (TPSA) is 85.8 Å². The number of benzene rings is 3. The van der Waals surface area contributed by atoms with Gasteiger partial charge in [0.05, 0.1) is 16.6 Å². The van der Waals surface area contributed by atoms with Crippen LogP contribution >= 0.6 is 11.6 Å². The van der Waals surface area contributed by atoms with E-state index in [0.717, 1.165) is 60.4 Å². The number of aliphatic hydroxyl groups is 1. The average Bonchev–Trinajstić information content (AvgIpc) is 3.38. The van der Waals surface area contributed by atoms with Gasteiger partial charge in [0.25, 0.3) is 0 Å². The maximum absolute atomic E-state index is 13.5. The highest BCUT2D eigenvalue weighted by Gasteiger charge is 2.32. The van der Waals surface area contributed by atoms with Gasteiger partial charge in [-0.15, -0.1) is 0 Å². The normalized spacial score (nSPS) is 19.6. The van der Waals surface area contributed by atoms with Crippen LogP contribution in [-0.4, -0.2) is 76.8 Å². The molecule has 0 aliphatic carbocycles. The second-order valence-electron chi connectivity index (χ2n) is 11.5. The molecule has 0 saturated carbocycles. The van der Waals surface area contributed by atoms with Crippen LogP contribution in [0.2, 0.25) is 5.02 Å². The standard InChI is InChI=1S/C33H36ClFN6O2/c1-33(9-12-41(21-33)19-27(42)18-40-13-10-36-11-14-40)24-5-7-30-28(16-24)32(38-22-37-30)39-26-6-8-31(29(34)17-26)43-20-23-3-2-4-25(35)15-23/h2-9,12,15-17,22,27,36,42H,10-11,13-14,18-21H2,1H3,(H,37,38,39). The Morgan fingerprint density at radius 2 is 1.95 bits per heavy atom. The number of anilines is 2. The third-order valence-corrected chi connectivity index (χ3v) is 8.38. The molecule has 2 atom stereocenters. The van der Waals surface area contributed by atoms with Gasteiger partial charge in [0.2, 0.25) is 0 Å². The van der Waals surface area contributed by atoms with Crippen molar-refractivity contribution in [3.05, 3.63) is 101 Å². The Bertz CT molecular complexity index is 1610. The highest BCUT2D eigenvalue weighted by atomic mass is 35.5. The number of rotatable bonds is 10. The fraction of sp³-hybridized carbons (Fsp3) is 0.333. The molecule has 3 heterocycles. The van der Waals surface area contributed by atoms with Crippen molar-refractivity contribution < 1.29 is 14.2 Å². The molecule has 6 rings (SSSR count). The van der Waals surface area contributed by atoms with Crippen molar-refractivity contribution in [1.82, 2.24) is 25.1 Å². The van der Waals surface area contributed by atoms with Crippen LogP contribution in [0, 0.1) is 5.82 Å². The summed E-state index contributed by atoms with van der Waals surface area (Å²) in [6.45, 7) is 8.39. The fourth-order valence-corrected chi connectivity index (χ4v) is 6.00. The molecule has 3 N–H and O–H groups in total. The Balaban J connectivity index is 1.13. The number of β-amino-alcohol motifs (C(OH)–C–C–N with tert-alkyl or cyclic N) is 1. The van der Waals surface area contributed by atoms with Gasteiger partial charge in [0.15, 0.2) is 0 Å². The SMILES string of the molecule is CC1(c2ccc3ncnc(Nc4ccc(OCc5cccc(F)c5)c(Cl)c4)c3c2)C=CN(CC(O)CN2CCNCC2)C1. The highest BCUT2D eigenvalue weighted by Crippen LogP contribution is 2.35. The molecule has 2 aliphatic rings. The molecular formula is C33H36ClFN6O2. The lowest BCUT2D eigenvalue weighted by Crippen LogP contribution is -2.48. The number of piperazine rings is 1. The number of nitrogens with one attached hydrogen (secondary N) is 2. The first kappa shape index (κ1) is 29.3. The number of hydrogen-bond donors (Lipinski definition) is 3. The minimum atomic E-state index is -0.407. The second kappa shape index (κ2) is 12.9. The number of aliphatic hydroxyl groups excluding tert-OH is 1. The number of fused-ring (bicyclic) bond motifs is 1. The third-order valence-electron chi connectivity index (χ3n) is 8.08. The first-order chi connectivity index (χ1) is 20.8. The Hall–Kier alpha value is -3.76. The van der Waals surface area contributed by atoms with E-state index < -0.39 is 6.10 Å². The summed E-state index contributed by atoms with van der Waals surface area (Å²) in [6, 6.07) is 18.0. The van der Waals surface area contributed by atoms with Gasteiger partial charge < -0.3 is 25.4 Å². The Kier molecular flexibility index (Phi) is 8.76. The molecule has 1 saturated heterocycles. The molecule has 0 radical (unpaired) electrons. The van der Waals surface area contributed by atoms with Crippen molar-refractivity contribution in [2.24, 2.45) is 0 Å². The smallest absolute Gasteiger partial charge is 0.141 e. The fourth-order valence-electron chi connectivity index (χ4n) is 5.76. The van der Waals surface area contributed by atoms with Crippen molar-refractivity contribution in [1.29, 1.82) is 0 Å². The highest BCUT2D eigenvalue weighted by molar-refractivity contribution is 6.32. The molecule has 4 aromatic rings. The average molecular weight is 603 g/mol. The zero-order valence-electron chi connectivity index (χ0n) is 24.1. The molecule has 224 valence electrons. The molecule has 0 amide bonds. The quantitative estimate of drug-likeness (QED) is 0.231. The van der Waals surface area contributed by atoms with Crippen molar-refractivity contribution >= 4 is 34.0 Å². The summed E-state index contributed by atoms with van der Waals surface area (Å²) in [6.07, 6.45) is 5.45. The summed E-state index contributed by atoms with van der Waals surface area (Å²) in [5.41, 5.74) is 3.23. The van der Waals surface area contributed by atoms with Crippen molar-refractivity contribution in [2.75, 3.05) is 51.1 Å². The molecule has 2 unspecified atom stereocenters. The van der Waals surface area contributed by atoms with E-state index in [0.29, 0.717) is 29.7 Å². The molecule has 43 heavy (non-hydrogen) atoms. The molecule has 3 aromatic carbocycles. The molecule has 10 heteroatoms. The molecule has 1 aromatic heterocycles. The maximum Gasteiger partial charge on any atom is 0.141 e. The van der Waals surface area contributed by atoms with E-state index in [-0.39, 0.29) is 17.8 Å². The van der Waals surface area contributed by atoms with Crippen LogP contribution in [0.3, 0.4) is 0 Å². The number of hydrogen-bond acceptors (Lipinski definition) is 8. The minimum Gasteiger partial charge on any atom is -0.487 e. The van der Waals surface area contributed by atoms with E-state index in [4.69, 9.17) is 16.3 Å². The molecule has 2 aliphatic heterocycles. The summed E-state index contributed by atoms with van der Waals surface area (Å²) in [4.78, 5) is 13.5. The van der Waals surface area contributed by atoms with E-state index in [9.17, 15) is 9.50 Å². The number of aromatic nitrogens is 2. The first-order valence-electron chi connectivity index (χ1n) is 14.6. The molecule has 1 fully saturated rings. The van der Waals surface area contributed by atoms with Crippen LogP contribution in [0.15, 0.2) is 79.3 Å². The van der Waals surface area contributed by atoms with Crippen LogP contribution in [0.25, 0.3) is 10.9 Å². The van der Waals surface area contributed by atoms with Gasteiger partial charge in [-0.1, -0.05) is 42.8 Å². The molecule has 0 bridgehead atoms. The summed E-state index contributed by atoms with van der Waals surface area (Å²) < 4.78 is 19.3. The van der Waals surface area contributed by atoms with Gasteiger partial charge in [-0.25, -0.2) is 14.4 Å². The Morgan fingerprint density at radius 3 is 2.77 bits per heavy atom. The van der Waals surface area contributed by atoms with Gasteiger partial charge >= 0.3 is 0 Å². The maximum atomic E-state index is 13.5. The van der Waals surface area contributed by atoms with E-state index in [1.165, 1.54) is 12.1 Å². The van der Waals surface area contributed by atoms with Crippen LogP contribution in [-0.2, 0) is 12.0 Å². The lowest BCUT2D eigenvalue weighted by Gasteiger charge is -2.32. The number of ether oxygens (including phenoxy) is 1. The number of nitrogens with zero attached hydrogens (tertiary/aromatic N) is 4. The largest absolute Gasteiger partial charge is 0.487 e. The zero-order valence-corrected chi connectivity index (χ0v) is 24.9. The summed E-state index contributed by atoms with van der Waals surface area (Å²) in [5, 5.41) is 18.8. The Labute approximate surface area is 256 Å². The van der Waals surface area contributed by atoms with Crippen molar-refractivity contribution in [3.8, 4) is 5.75 Å². The lowest BCUT2D eigenvalue weighted by molar-refractivity contribution is 0.0819. The second-order valence-corrected chi connectivity index (χ2v) is 11.9. The summed E-state index contributed by atoms with van der Waals surface area (Å²) >= 11 is 6.54. The van der Waals surface area contributed by atoms with Gasteiger partial charge in [0.1, 0.15) is 30.3 Å². The van der Waals surface area contributed by atoms with Gasteiger partial charge in [-0.3, -0.25) is 4.90 Å². The van der Waals surface area contributed by atoms with Gasteiger partial charge in [0, 0.05) is 62.3 Å².